The molecule has 0 saturated carbocycles. The zero-order valence-corrected chi connectivity index (χ0v) is 16.1. The SMILES string of the molecule is CCOC(=O)c1ccc(NC(=O)COC(=O)COc2ccc(C(C)=O)cc2)cc1. The van der Waals surface area contributed by atoms with E-state index in [1.807, 2.05) is 0 Å². The highest BCUT2D eigenvalue weighted by molar-refractivity contribution is 5.95. The number of ketones is 1. The van der Waals surface area contributed by atoms with Crippen molar-refractivity contribution in [3.8, 4) is 5.75 Å². The summed E-state index contributed by atoms with van der Waals surface area (Å²) in [4.78, 5) is 46.3. The number of rotatable bonds is 9. The van der Waals surface area contributed by atoms with E-state index in [4.69, 9.17) is 14.2 Å². The molecule has 0 saturated heterocycles. The number of carbonyl (C=O) groups excluding carboxylic acids is 4. The van der Waals surface area contributed by atoms with Gasteiger partial charge in [0.2, 0.25) is 0 Å². The molecule has 152 valence electrons. The molecule has 2 aromatic rings. The van der Waals surface area contributed by atoms with Crippen molar-refractivity contribution >= 4 is 29.3 Å². The smallest absolute Gasteiger partial charge is 0.344 e. The molecule has 2 aromatic carbocycles. The molecule has 8 nitrogen and oxygen atoms in total. The van der Waals surface area contributed by atoms with Crippen LogP contribution in [0.2, 0.25) is 0 Å². The second-order valence-electron chi connectivity index (χ2n) is 5.88. The van der Waals surface area contributed by atoms with Crippen molar-refractivity contribution in [2.24, 2.45) is 0 Å². The van der Waals surface area contributed by atoms with Crippen molar-refractivity contribution < 1.29 is 33.4 Å². The van der Waals surface area contributed by atoms with Gasteiger partial charge in [-0.25, -0.2) is 9.59 Å². The summed E-state index contributed by atoms with van der Waals surface area (Å²) in [5.41, 5.74) is 1.34. The molecule has 0 aliphatic carbocycles. The lowest BCUT2D eigenvalue weighted by Crippen LogP contribution is -2.23. The molecule has 0 unspecified atom stereocenters. The summed E-state index contributed by atoms with van der Waals surface area (Å²) in [5.74, 6) is -1.37. The van der Waals surface area contributed by atoms with Gasteiger partial charge in [-0.15, -0.1) is 0 Å². The largest absolute Gasteiger partial charge is 0.482 e. The molecule has 0 radical (unpaired) electrons. The van der Waals surface area contributed by atoms with E-state index >= 15 is 0 Å². The van der Waals surface area contributed by atoms with Crippen molar-refractivity contribution in [2.45, 2.75) is 13.8 Å². The maximum atomic E-state index is 11.9. The highest BCUT2D eigenvalue weighted by Crippen LogP contribution is 2.13. The summed E-state index contributed by atoms with van der Waals surface area (Å²) in [6.07, 6.45) is 0. The number of carbonyl (C=O) groups is 4. The molecule has 0 aliphatic rings. The molecule has 29 heavy (non-hydrogen) atoms. The summed E-state index contributed by atoms with van der Waals surface area (Å²) in [6.45, 7) is 2.58. The molecule has 0 aromatic heterocycles. The molecule has 1 N–H and O–H groups in total. The minimum Gasteiger partial charge on any atom is -0.482 e. The van der Waals surface area contributed by atoms with E-state index in [2.05, 4.69) is 5.32 Å². The monoisotopic (exact) mass is 399 g/mol. The Morgan fingerprint density at radius 1 is 0.828 bits per heavy atom. The fraction of sp³-hybridized carbons (Fsp3) is 0.238. The average molecular weight is 399 g/mol. The summed E-state index contributed by atoms with van der Waals surface area (Å²) >= 11 is 0. The highest BCUT2D eigenvalue weighted by Gasteiger charge is 2.10. The third-order valence-electron chi connectivity index (χ3n) is 3.66. The summed E-state index contributed by atoms with van der Waals surface area (Å²) in [5, 5.41) is 2.54. The predicted octanol–water partition coefficient (Wildman–Crippen LogP) is 2.63. The van der Waals surface area contributed by atoms with E-state index in [0.29, 0.717) is 22.6 Å². The fourth-order valence-electron chi connectivity index (χ4n) is 2.22. The second kappa shape index (κ2) is 10.6. The van der Waals surface area contributed by atoms with Gasteiger partial charge < -0.3 is 19.5 Å². The molecule has 0 atom stereocenters. The van der Waals surface area contributed by atoms with Gasteiger partial charge in [-0.2, -0.15) is 0 Å². The number of anilines is 1. The summed E-state index contributed by atoms with van der Waals surface area (Å²) < 4.78 is 15.0. The number of ether oxygens (including phenoxy) is 3. The van der Waals surface area contributed by atoms with Crippen LogP contribution in [0, 0.1) is 0 Å². The van der Waals surface area contributed by atoms with Gasteiger partial charge in [0.15, 0.2) is 19.0 Å². The average Bonchev–Trinajstić information content (AvgIpc) is 2.71. The first-order valence-corrected chi connectivity index (χ1v) is 8.85. The Bertz CT molecular complexity index is 873. The van der Waals surface area contributed by atoms with E-state index in [1.165, 1.54) is 19.1 Å². The minimum absolute atomic E-state index is 0.0718. The highest BCUT2D eigenvalue weighted by atomic mass is 16.6. The lowest BCUT2D eigenvalue weighted by atomic mass is 10.1. The van der Waals surface area contributed by atoms with Crippen LogP contribution in [0.4, 0.5) is 5.69 Å². The third kappa shape index (κ3) is 7.10. The van der Waals surface area contributed by atoms with Crippen LogP contribution >= 0.6 is 0 Å². The Balaban J connectivity index is 1.73. The van der Waals surface area contributed by atoms with Crippen LogP contribution in [-0.4, -0.2) is 43.4 Å². The molecular formula is C21H21NO7. The number of nitrogens with one attached hydrogen (secondary N) is 1. The van der Waals surface area contributed by atoms with Crippen molar-refractivity contribution in [1.29, 1.82) is 0 Å². The van der Waals surface area contributed by atoms with Crippen LogP contribution in [0.15, 0.2) is 48.5 Å². The van der Waals surface area contributed by atoms with E-state index in [1.54, 1.807) is 43.3 Å². The predicted molar refractivity (Wildman–Crippen MR) is 104 cm³/mol. The first kappa shape index (κ1) is 21.6. The standard InChI is InChI=1S/C21H21NO7/c1-3-27-21(26)16-4-8-17(9-5-16)22-19(24)12-29-20(25)13-28-18-10-6-15(7-11-18)14(2)23/h4-11H,3,12-13H2,1-2H3,(H,22,24). The number of hydrogen-bond donors (Lipinski definition) is 1. The Hall–Kier alpha value is -3.68. The molecule has 0 bridgehead atoms. The first-order valence-electron chi connectivity index (χ1n) is 8.85. The van der Waals surface area contributed by atoms with E-state index in [9.17, 15) is 19.2 Å². The zero-order valence-electron chi connectivity index (χ0n) is 16.1. The van der Waals surface area contributed by atoms with Crippen LogP contribution in [-0.2, 0) is 19.1 Å². The second-order valence-corrected chi connectivity index (χ2v) is 5.88. The van der Waals surface area contributed by atoms with Gasteiger partial charge in [-0.1, -0.05) is 0 Å². The van der Waals surface area contributed by atoms with Gasteiger partial charge >= 0.3 is 11.9 Å². The topological polar surface area (TPSA) is 108 Å². The van der Waals surface area contributed by atoms with E-state index in [-0.39, 0.29) is 19.0 Å². The van der Waals surface area contributed by atoms with Gasteiger partial charge in [0, 0.05) is 11.3 Å². The molecule has 1 amide bonds. The number of benzene rings is 2. The molecule has 0 heterocycles. The van der Waals surface area contributed by atoms with Gasteiger partial charge in [-0.3, -0.25) is 9.59 Å². The Morgan fingerprint density at radius 3 is 2.03 bits per heavy atom. The Kier molecular flexibility index (Phi) is 7.90. The first-order chi connectivity index (χ1) is 13.9. The Morgan fingerprint density at radius 2 is 1.45 bits per heavy atom. The van der Waals surface area contributed by atoms with E-state index in [0.717, 1.165) is 0 Å². The van der Waals surface area contributed by atoms with Crippen molar-refractivity contribution in [3.05, 3.63) is 59.7 Å². The fourth-order valence-corrected chi connectivity index (χ4v) is 2.22. The van der Waals surface area contributed by atoms with Gasteiger partial charge in [-0.05, 0) is 62.4 Å². The normalized spacial score (nSPS) is 10.0. The van der Waals surface area contributed by atoms with Crippen molar-refractivity contribution in [3.63, 3.8) is 0 Å². The third-order valence-corrected chi connectivity index (χ3v) is 3.66. The Labute approximate surface area is 167 Å². The van der Waals surface area contributed by atoms with E-state index < -0.39 is 24.5 Å². The molecule has 0 aliphatic heterocycles. The van der Waals surface area contributed by atoms with Crippen LogP contribution in [0.3, 0.4) is 0 Å². The minimum atomic E-state index is -0.714. The molecule has 0 spiro atoms. The van der Waals surface area contributed by atoms with Gasteiger partial charge in [0.25, 0.3) is 5.91 Å². The molecular weight excluding hydrogens is 378 g/mol. The van der Waals surface area contributed by atoms with Crippen molar-refractivity contribution in [2.75, 3.05) is 25.1 Å². The lowest BCUT2D eigenvalue weighted by Gasteiger charge is -2.08. The van der Waals surface area contributed by atoms with Crippen LogP contribution < -0.4 is 10.1 Å². The maximum absolute atomic E-state index is 11.9. The number of Topliss-reactive ketones (excluding diaryl/α,β-unsaturated/α-hetero) is 1. The molecule has 0 fully saturated rings. The van der Waals surface area contributed by atoms with Crippen LogP contribution in [0.5, 0.6) is 5.75 Å². The lowest BCUT2D eigenvalue weighted by molar-refractivity contribution is -0.149. The maximum Gasteiger partial charge on any atom is 0.344 e. The number of hydrogen-bond acceptors (Lipinski definition) is 7. The van der Waals surface area contributed by atoms with Crippen LogP contribution in [0.1, 0.15) is 34.6 Å². The van der Waals surface area contributed by atoms with Crippen LogP contribution in [0.25, 0.3) is 0 Å². The molecule has 2 rings (SSSR count). The summed E-state index contributed by atoms with van der Waals surface area (Å²) in [7, 11) is 0. The number of esters is 2. The zero-order chi connectivity index (χ0) is 21.2. The van der Waals surface area contributed by atoms with Gasteiger partial charge in [0.05, 0.1) is 12.2 Å². The quantitative estimate of drug-likeness (QED) is 0.510. The molecule has 8 heteroatoms. The number of amides is 1. The van der Waals surface area contributed by atoms with Crippen molar-refractivity contribution in [1.82, 2.24) is 0 Å². The van der Waals surface area contributed by atoms with Gasteiger partial charge in [0.1, 0.15) is 5.75 Å². The summed E-state index contributed by atoms with van der Waals surface area (Å²) in [6, 6.07) is 12.4.